The Kier molecular flexibility index (Phi) is 4.81. The molecule has 2 amide bonds. The smallest absolute Gasteiger partial charge is 0.337 e. The Hall–Kier alpha value is -3.22. The number of rotatable bonds is 3. The number of hydrazine groups is 1. The van der Waals surface area contributed by atoms with Gasteiger partial charge in [0.05, 0.1) is 12.7 Å². The first-order valence-corrected chi connectivity index (χ1v) is 6.31. The minimum atomic E-state index is -0.501. The first-order chi connectivity index (χ1) is 10.6. The lowest BCUT2D eigenvalue weighted by Gasteiger charge is -2.07. The van der Waals surface area contributed by atoms with Gasteiger partial charge < -0.3 is 4.74 Å². The standard InChI is InChI=1S/C15H13N3O4/c1-22-15(21)12-4-2-10(3-5-12)13(19)17-18-14(20)11-6-8-16-9-7-11/h2-9H,1H3,(H,17,19)(H,18,20). The fourth-order valence-corrected chi connectivity index (χ4v) is 1.64. The van der Waals surface area contributed by atoms with E-state index in [1.54, 1.807) is 0 Å². The van der Waals surface area contributed by atoms with E-state index in [9.17, 15) is 14.4 Å². The Bertz CT molecular complexity index is 684. The molecule has 2 aromatic rings. The molecule has 1 aromatic carbocycles. The molecule has 0 fully saturated rings. The summed E-state index contributed by atoms with van der Waals surface area (Å²) in [5.74, 6) is -1.45. The summed E-state index contributed by atoms with van der Waals surface area (Å²) in [5.41, 5.74) is 5.57. The van der Waals surface area contributed by atoms with Gasteiger partial charge in [-0.25, -0.2) is 4.79 Å². The largest absolute Gasteiger partial charge is 0.465 e. The van der Waals surface area contributed by atoms with Gasteiger partial charge in [-0.15, -0.1) is 0 Å². The number of hydrogen-bond acceptors (Lipinski definition) is 5. The highest BCUT2D eigenvalue weighted by atomic mass is 16.5. The van der Waals surface area contributed by atoms with Gasteiger partial charge >= 0.3 is 5.97 Å². The number of benzene rings is 1. The minimum Gasteiger partial charge on any atom is -0.465 e. The van der Waals surface area contributed by atoms with Crippen LogP contribution in [0.3, 0.4) is 0 Å². The van der Waals surface area contributed by atoms with Crippen molar-refractivity contribution in [1.82, 2.24) is 15.8 Å². The zero-order chi connectivity index (χ0) is 15.9. The number of esters is 1. The molecule has 1 heterocycles. The number of carbonyl (C=O) groups excluding carboxylic acids is 3. The molecule has 0 atom stereocenters. The molecule has 0 unspecified atom stereocenters. The fraction of sp³-hybridized carbons (Fsp3) is 0.0667. The second-order valence-corrected chi connectivity index (χ2v) is 4.21. The van der Waals surface area contributed by atoms with Crippen LogP contribution >= 0.6 is 0 Å². The molecule has 0 saturated carbocycles. The third kappa shape index (κ3) is 3.66. The summed E-state index contributed by atoms with van der Waals surface area (Å²) >= 11 is 0. The summed E-state index contributed by atoms with van der Waals surface area (Å²) in [6.45, 7) is 0. The van der Waals surface area contributed by atoms with Crippen molar-refractivity contribution in [3.63, 3.8) is 0 Å². The van der Waals surface area contributed by atoms with Gasteiger partial charge in [-0.1, -0.05) is 0 Å². The highest BCUT2D eigenvalue weighted by molar-refractivity contribution is 5.99. The second kappa shape index (κ2) is 6.98. The van der Waals surface area contributed by atoms with Gasteiger partial charge in [0.25, 0.3) is 11.8 Å². The molecule has 2 N–H and O–H groups in total. The molecular weight excluding hydrogens is 286 g/mol. The van der Waals surface area contributed by atoms with Crippen molar-refractivity contribution < 1.29 is 19.1 Å². The number of ether oxygens (including phenoxy) is 1. The van der Waals surface area contributed by atoms with E-state index in [2.05, 4.69) is 20.6 Å². The van der Waals surface area contributed by atoms with E-state index in [1.807, 2.05) is 0 Å². The normalized spacial score (nSPS) is 9.68. The van der Waals surface area contributed by atoms with Crippen LogP contribution in [0.5, 0.6) is 0 Å². The van der Waals surface area contributed by atoms with Gasteiger partial charge in [-0.05, 0) is 36.4 Å². The van der Waals surface area contributed by atoms with Crippen molar-refractivity contribution in [2.24, 2.45) is 0 Å². The quantitative estimate of drug-likeness (QED) is 0.649. The van der Waals surface area contributed by atoms with E-state index in [0.29, 0.717) is 16.7 Å². The molecule has 2 rings (SSSR count). The first-order valence-electron chi connectivity index (χ1n) is 6.31. The molecule has 1 aromatic heterocycles. The Morgan fingerprint density at radius 1 is 0.818 bits per heavy atom. The van der Waals surface area contributed by atoms with Crippen LogP contribution in [0.4, 0.5) is 0 Å². The van der Waals surface area contributed by atoms with Crippen LogP contribution in [0.2, 0.25) is 0 Å². The predicted molar refractivity (Wildman–Crippen MR) is 77.0 cm³/mol. The van der Waals surface area contributed by atoms with Crippen molar-refractivity contribution in [2.75, 3.05) is 7.11 Å². The lowest BCUT2D eigenvalue weighted by Crippen LogP contribution is -2.41. The monoisotopic (exact) mass is 299 g/mol. The summed E-state index contributed by atoms with van der Waals surface area (Å²) in [5, 5.41) is 0. The SMILES string of the molecule is COC(=O)c1ccc(C(=O)NNC(=O)c2ccncc2)cc1. The van der Waals surface area contributed by atoms with Crippen LogP contribution < -0.4 is 10.9 Å². The average molecular weight is 299 g/mol. The van der Waals surface area contributed by atoms with Crippen molar-refractivity contribution >= 4 is 17.8 Å². The molecule has 0 saturated heterocycles. The molecule has 22 heavy (non-hydrogen) atoms. The van der Waals surface area contributed by atoms with Gasteiger partial charge in [-0.2, -0.15) is 0 Å². The van der Waals surface area contributed by atoms with Crippen molar-refractivity contribution in [1.29, 1.82) is 0 Å². The van der Waals surface area contributed by atoms with Gasteiger partial charge in [0.2, 0.25) is 0 Å². The summed E-state index contributed by atoms with van der Waals surface area (Å²) in [4.78, 5) is 38.7. The zero-order valence-electron chi connectivity index (χ0n) is 11.7. The van der Waals surface area contributed by atoms with Gasteiger partial charge in [-0.3, -0.25) is 25.4 Å². The lowest BCUT2D eigenvalue weighted by molar-refractivity contribution is 0.0600. The molecule has 112 valence electrons. The molecule has 0 aliphatic rings. The average Bonchev–Trinajstić information content (AvgIpc) is 2.59. The van der Waals surface area contributed by atoms with Crippen molar-refractivity contribution in [3.05, 3.63) is 65.5 Å². The molecular formula is C15H13N3O4. The Labute approximate surface area is 126 Å². The van der Waals surface area contributed by atoms with Crippen LogP contribution in [0.15, 0.2) is 48.8 Å². The summed E-state index contributed by atoms with van der Waals surface area (Å²) < 4.78 is 4.56. The number of amides is 2. The fourth-order valence-electron chi connectivity index (χ4n) is 1.64. The van der Waals surface area contributed by atoms with Crippen molar-refractivity contribution in [2.45, 2.75) is 0 Å². The van der Waals surface area contributed by atoms with E-state index in [-0.39, 0.29) is 0 Å². The number of aromatic nitrogens is 1. The van der Waals surface area contributed by atoms with E-state index < -0.39 is 17.8 Å². The topological polar surface area (TPSA) is 97.4 Å². The highest BCUT2D eigenvalue weighted by Gasteiger charge is 2.10. The molecule has 7 nitrogen and oxygen atoms in total. The number of pyridine rings is 1. The first kappa shape index (κ1) is 15.2. The number of carbonyl (C=O) groups is 3. The maximum atomic E-state index is 11.9. The van der Waals surface area contributed by atoms with Crippen LogP contribution in [0.1, 0.15) is 31.1 Å². The minimum absolute atomic E-state index is 0.294. The molecule has 0 aliphatic heterocycles. The van der Waals surface area contributed by atoms with E-state index in [0.717, 1.165) is 0 Å². The maximum absolute atomic E-state index is 11.9. The third-order valence-electron chi connectivity index (χ3n) is 2.80. The summed E-state index contributed by atoms with van der Waals surface area (Å²) in [6, 6.07) is 8.89. The van der Waals surface area contributed by atoms with Crippen LogP contribution in [0.25, 0.3) is 0 Å². The summed E-state index contributed by atoms with van der Waals surface area (Å²) in [6.07, 6.45) is 2.95. The van der Waals surface area contributed by atoms with Gasteiger partial charge in [0.1, 0.15) is 0 Å². The zero-order valence-corrected chi connectivity index (χ0v) is 11.7. The van der Waals surface area contributed by atoms with Crippen LogP contribution in [-0.2, 0) is 4.74 Å². The van der Waals surface area contributed by atoms with E-state index in [1.165, 1.54) is 55.9 Å². The van der Waals surface area contributed by atoms with Crippen LogP contribution in [0, 0.1) is 0 Å². The van der Waals surface area contributed by atoms with E-state index in [4.69, 9.17) is 0 Å². The number of nitrogens with one attached hydrogen (secondary N) is 2. The van der Waals surface area contributed by atoms with Gasteiger partial charge in [0, 0.05) is 23.5 Å². The molecule has 7 heteroatoms. The van der Waals surface area contributed by atoms with E-state index >= 15 is 0 Å². The summed E-state index contributed by atoms with van der Waals surface area (Å²) in [7, 11) is 1.28. The molecule has 0 bridgehead atoms. The number of nitrogens with zero attached hydrogens (tertiary/aromatic N) is 1. The molecule has 0 radical (unpaired) electrons. The Morgan fingerprint density at radius 3 is 1.77 bits per heavy atom. The molecule has 0 aliphatic carbocycles. The number of methoxy groups -OCH3 is 1. The Morgan fingerprint density at radius 2 is 1.27 bits per heavy atom. The van der Waals surface area contributed by atoms with Crippen molar-refractivity contribution in [3.8, 4) is 0 Å². The predicted octanol–water partition coefficient (Wildman–Crippen LogP) is 0.943. The highest BCUT2D eigenvalue weighted by Crippen LogP contribution is 2.05. The van der Waals surface area contributed by atoms with Gasteiger partial charge in [0.15, 0.2) is 0 Å². The number of hydrogen-bond donors (Lipinski definition) is 2. The third-order valence-corrected chi connectivity index (χ3v) is 2.80. The maximum Gasteiger partial charge on any atom is 0.337 e. The molecule has 0 spiro atoms. The van der Waals surface area contributed by atoms with Crippen LogP contribution in [-0.4, -0.2) is 29.9 Å². The second-order valence-electron chi connectivity index (χ2n) is 4.21. The lowest BCUT2D eigenvalue weighted by atomic mass is 10.1. The Balaban J connectivity index is 1.95.